The molecule has 1 saturated heterocycles. The van der Waals surface area contributed by atoms with Crippen molar-refractivity contribution in [3.63, 3.8) is 0 Å². The summed E-state index contributed by atoms with van der Waals surface area (Å²) in [5, 5.41) is 0. The van der Waals surface area contributed by atoms with E-state index >= 15 is 0 Å². The Hall–Kier alpha value is -1.35. The van der Waals surface area contributed by atoms with Crippen molar-refractivity contribution in [1.29, 1.82) is 0 Å². The van der Waals surface area contributed by atoms with Crippen LogP contribution in [0.25, 0.3) is 0 Å². The lowest BCUT2D eigenvalue weighted by molar-refractivity contribution is -0.151. The van der Waals surface area contributed by atoms with Gasteiger partial charge in [0.15, 0.2) is 0 Å². The molecule has 2 N–H and O–H groups in total. The predicted octanol–water partition coefficient (Wildman–Crippen LogP) is 1.13. The first-order valence-electron chi connectivity index (χ1n) is 5.87. The van der Waals surface area contributed by atoms with E-state index in [9.17, 15) is 4.79 Å². The number of hydrogen-bond acceptors (Lipinski definition) is 2. The van der Waals surface area contributed by atoms with Crippen LogP contribution in [0.4, 0.5) is 0 Å². The van der Waals surface area contributed by atoms with E-state index in [-0.39, 0.29) is 11.9 Å². The Balaban J connectivity index is 1.72. The summed E-state index contributed by atoms with van der Waals surface area (Å²) < 4.78 is 0. The number of hydrogen-bond donors (Lipinski definition) is 1. The van der Waals surface area contributed by atoms with Crippen molar-refractivity contribution >= 4 is 5.91 Å². The number of β-lactam (4-membered cyclic amide) rings is 1. The zero-order valence-corrected chi connectivity index (χ0v) is 9.17. The van der Waals surface area contributed by atoms with Crippen LogP contribution in [0.15, 0.2) is 30.3 Å². The summed E-state index contributed by atoms with van der Waals surface area (Å²) in [4.78, 5) is 13.7. The van der Waals surface area contributed by atoms with Gasteiger partial charge in [0.25, 0.3) is 0 Å². The third-order valence-electron chi connectivity index (χ3n) is 3.60. The highest BCUT2D eigenvalue weighted by Gasteiger charge is 2.51. The van der Waals surface area contributed by atoms with E-state index in [1.54, 1.807) is 0 Å². The highest BCUT2D eigenvalue weighted by Crippen LogP contribution is 2.41. The monoisotopic (exact) mass is 216 g/mol. The third-order valence-corrected chi connectivity index (χ3v) is 3.60. The smallest absolute Gasteiger partial charge is 0.242 e. The van der Waals surface area contributed by atoms with Crippen LogP contribution >= 0.6 is 0 Å². The molecule has 2 aliphatic rings. The predicted molar refractivity (Wildman–Crippen MR) is 61.5 cm³/mol. The van der Waals surface area contributed by atoms with Crippen molar-refractivity contribution in [3.8, 4) is 0 Å². The second-order valence-corrected chi connectivity index (χ2v) is 4.81. The van der Waals surface area contributed by atoms with Crippen molar-refractivity contribution in [1.82, 2.24) is 4.90 Å². The topological polar surface area (TPSA) is 46.3 Å². The zero-order valence-electron chi connectivity index (χ0n) is 9.17. The largest absolute Gasteiger partial charge is 0.332 e. The van der Waals surface area contributed by atoms with Gasteiger partial charge in [-0.1, -0.05) is 30.3 Å². The van der Waals surface area contributed by atoms with Crippen molar-refractivity contribution in [2.75, 3.05) is 0 Å². The Morgan fingerprint density at radius 1 is 1.25 bits per heavy atom. The van der Waals surface area contributed by atoms with Gasteiger partial charge >= 0.3 is 0 Å². The lowest BCUT2D eigenvalue weighted by Crippen LogP contribution is -2.68. The summed E-state index contributed by atoms with van der Waals surface area (Å²) in [6, 6.07) is 10.2. The number of rotatable bonds is 3. The van der Waals surface area contributed by atoms with Crippen LogP contribution < -0.4 is 5.73 Å². The number of carbonyl (C=O) groups excluding carboxylic acids is 1. The molecule has 0 bridgehead atoms. The Morgan fingerprint density at radius 2 is 1.94 bits per heavy atom. The van der Waals surface area contributed by atoms with E-state index in [1.165, 1.54) is 18.4 Å². The van der Waals surface area contributed by atoms with Gasteiger partial charge in [-0.3, -0.25) is 4.79 Å². The molecule has 1 saturated carbocycles. The van der Waals surface area contributed by atoms with Crippen molar-refractivity contribution in [2.24, 2.45) is 11.7 Å². The molecular formula is C13H16N2O. The van der Waals surface area contributed by atoms with Gasteiger partial charge in [-0.2, -0.15) is 0 Å². The summed E-state index contributed by atoms with van der Waals surface area (Å²) in [6.07, 6.45) is 2.47. The van der Waals surface area contributed by atoms with Crippen LogP contribution in [0.2, 0.25) is 0 Å². The van der Waals surface area contributed by atoms with Crippen molar-refractivity contribution in [3.05, 3.63) is 35.9 Å². The van der Waals surface area contributed by atoms with E-state index in [4.69, 9.17) is 5.73 Å². The maximum atomic E-state index is 11.7. The minimum absolute atomic E-state index is 0.112. The zero-order chi connectivity index (χ0) is 11.1. The van der Waals surface area contributed by atoms with Gasteiger partial charge in [-0.15, -0.1) is 0 Å². The SMILES string of the molecule is N[C@H]1C(=O)N(Cc2ccccc2)[C@@H]1C1CC1. The van der Waals surface area contributed by atoms with E-state index in [0.717, 1.165) is 0 Å². The van der Waals surface area contributed by atoms with Gasteiger partial charge in [0.1, 0.15) is 6.04 Å². The van der Waals surface area contributed by atoms with Crippen LogP contribution in [-0.2, 0) is 11.3 Å². The number of carbonyl (C=O) groups is 1. The number of likely N-dealkylation sites (tertiary alicyclic amines) is 1. The molecule has 1 aliphatic carbocycles. The van der Waals surface area contributed by atoms with Gasteiger partial charge in [-0.25, -0.2) is 0 Å². The molecule has 3 heteroatoms. The molecule has 0 unspecified atom stereocenters. The molecule has 16 heavy (non-hydrogen) atoms. The van der Waals surface area contributed by atoms with E-state index in [1.807, 2.05) is 23.1 Å². The second-order valence-electron chi connectivity index (χ2n) is 4.81. The standard InChI is InChI=1S/C13H16N2O/c14-11-12(10-6-7-10)15(13(11)16)8-9-4-2-1-3-5-9/h1-5,10-12H,6-8,14H2/t11-,12-/m1/s1. The summed E-state index contributed by atoms with van der Waals surface area (Å²) >= 11 is 0. The van der Waals surface area contributed by atoms with Gasteiger partial charge in [0.05, 0.1) is 6.04 Å². The summed E-state index contributed by atoms with van der Waals surface area (Å²) in [7, 11) is 0. The molecule has 1 aromatic rings. The molecule has 2 atom stereocenters. The molecule has 3 nitrogen and oxygen atoms in total. The molecule has 1 aliphatic heterocycles. The van der Waals surface area contributed by atoms with E-state index in [0.29, 0.717) is 18.5 Å². The first kappa shape index (κ1) is 9.85. The van der Waals surface area contributed by atoms with Crippen LogP contribution in [-0.4, -0.2) is 22.9 Å². The van der Waals surface area contributed by atoms with E-state index in [2.05, 4.69) is 12.1 Å². The summed E-state index contributed by atoms with van der Waals surface area (Å²) in [5.41, 5.74) is 7.05. The Labute approximate surface area is 95.2 Å². The first-order valence-corrected chi connectivity index (χ1v) is 5.87. The number of benzene rings is 1. The Morgan fingerprint density at radius 3 is 2.56 bits per heavy atom. The third kappa shape index (κ3) is 1.52. The van der Waals surface area contributed by atoms with Crippen molar-refractivity contribution in [2.45, 2.75) is 31.5 Å². The van der Waals surface area contributed by atoms with Gasteiger partial charge in [-0.05, 0) is 24.3 Å². The molecule has 2 fully saturated rings. The lowest BCUT2D eigenvalue weighted by Gasteiger charge is -2.46. The molecule has 0 aromatic heterocycles. The lowest BCUT2D eigenvalue weighted by atomic mass is 9.91. The first-order chi connectivity index (χ1) is 7.77. The molecule has 3 rings (SSSR count). The minimum Gasteiger partial charge on any atom is -0.332 e. The molecule has 0 spiro atoms. The highest BCUT2D eigenvalue weighted by molar-refractivity contribution is 5.89. The maximum absolute atomic E-state index is 11.7. The fourth-order valence-corrected chi connectivity index (χ4v) is 2.55. The maximum Gasteiger partial charge on any atom is 0.242 e. The fraction of sp³-hybridized carbons (Fsp3) is 0.462. The molecule has 1 heterocycles. The summed E-state index contributed by atoms with van der Waals surface area (Å²) in [6.45, 7) is 0.717. The van der Waals surface area contributed by atoms with Crippen LogP contribution in [0, 0.1) is 5.92 Å². The highest BCUT2D eigenvalue weighted by atomic mass is 16.2. The van der Waals surface area contributed by atoms with E-state index < -0.39 is 0 Å². The quantitative estimate of drug-likeness (QED) is 0.770. The molecular weight excluding hydrogens is 200 g/mol. The second kappa shape index (κ2) is 3.59. The number of nitrogens with two attached hydrogens (primary N) is 1. The number of amides is 1. The van der Waals surface area contributed by atoms with Crippen LogP contribution in [0.1, 0.15) is 18.4 Å². The van der Waals surface area contributed by atoms with Crippen LogP contribution in [0.3, 0.4) is 0 Å². The average molecular weight is 216 g/mol. The number of nitrogens with zero attached hydrogens (tertiary/aromatic N) is 1. The molecule has 0 radical (unpaired) electrons. The summed E-state index contributed by atoms with van der Waals surface area (Å²) in [5.74, 6) is 0.775. The van der Waals surface area contributed by atoms with Crippen molar-refractivity contribution < 1.29 is 4.79 Å². The van der Waals surface area contributed by atoms with Gasteiger partial charge in [0, 0.05) is 6.54 Å². The fourth-order valence-electron chi connectivity index (χ4n) is 2.55. The molecule has 84 valence electrons. The van der Waals surface area contributed by atoms with Gasteiger partial charge in [0.2, 0.25) is 5.91 Å². The Kier molecular flexibility index (Phi) is 2.21. The average Bonchev–Trinajstić information content (AvgIpc) is 3.13. The Bertz CT molecular complexity index is 400. The minimum atomic E-state index is -0.240. The normalized spacial score (nSPS) is 29.1. The van der Waals surface area contributed by atoms with Crippen LogP contribution in [0.5, 0.6) is 0 Å². The van der Waals surface area contributed by atoms with Gasteiger partial charge < -0.3 is 10.6 Å². The molecule has 1 aromatic carbocycles. The molecule has 1 amide bonds.